The molecule has 2 aliphatic rings. The number of allylic oxidation sites excluding steroid dienone is 4. The number of benzene rings is 4. The van der Waals surface area contributed by atoms with Crippen LogP contribution in [0.2, 0.25) is 0 Å². The third-order valence-electron chi connectivity index (χ3n) is 7.79. The van der Waals surface area contributed by atoms with Crippen molar-refractivity contribution in [2.75, 3.05) is 0 Å². The molecule has 4 aromatic carbocycles. The molecule has 2 aliphatic carbocycles. The van der Waals surface area contributed by atoms with Crippen molar-refractivity contribution in [2.24, 2.45) is 0 Å². The maximum Gasteiger partial charge on any atom is -0.109 e. The van der Waals surface area contributed by atoms with Gasteiger partial charge in [0.2, 0.25) is 0 Å². The summed E-state index contributed by atoms with van der Waals surface area (Å²) in [5.41, 5.74) is 14.1. The van der Waals surface area contributed by atoms with Gasteiger partial charge >= 0.3 is 112 Å². The standard InChI is InChI=1S/C21H25.C15H14.C5H5.2ClH.Zr/c1-20(2,3)16-9-7-14-11-15-8-10-17(21(4,5)6)13-19(15)18(14)12-16;1-12-3-7-14(8-4-12)11-15-9-5-13(2)6-10-15;1-2-4-5-3-1;;;/h7,9-10,12-13H,11H2,1-6H3;3-10H,1-2H3;1-3H,4H2;2*1H;/q-1;;-1;;;+2/p-2. The maximum absolute atomic E-state index is 3.53. The van der Waals surface area contributed by atoms with E-state index in [9.17, 15) is 0 Å². The molecule has 228 valence electrons. The van der Waals surface area contributed by atoms with E-state index in [1.165, 1.54) is 83.1 Å². The zero-order chi connectivity index (χ0) is 30.5. The summed E-state index contributed by atoms with van der Waals surface area (Å²) >= 11 is 1.46. The monoisotopic (exact) mass is 696 g/mol. The van der Waals surface area contributed by atoms with Gasteiger partial charge in [-0.05, 0) is 17.4 Å². The summed E-state index contributed by atoms with van der Waals surface area (Å²) in [4.78, 5) is 0. The molecule has 0 saturated heterocycles. The first-order valence-electron chi connectivity index (χ1n) is 15.0. The summed E-state index contributed by atoms with van der Waals surface area (Å²) < 4.78 is 1.42. The molecule has 0 aromatic heterocycles. The van der Waals surface area contributed by atoms with Crippen LogP contribution in [0.4, 0.5) is 0 Å². The molecule has 0 amide bonds. The number of rotatable bonds is 2. The SMILES string of the molecule is CC(C)(C)c1c[c-]c2c(c1)-c1cc(C(C)(C)C)ccc1C2.Cc1ccc([C](=[Zr+2])c2ccc(C)cc2)cc1.[C-]1=CC=CC1.[Cl-].[Cl-]. The van der Waals surface area contributed by atoms with Crippen molar-refractivity contribution in [3.05, 3.63) is 154 Å². The molecule has 44 heavy (non-hydrogen) atoms. The molecule has 0 heterocycles. The maximum atomic E-state index is 3.53. The van der Waals surface area contributed by atoms with E-state index in [0.717, 1.165) is 12.8 Å². The summed E-state index contributed by atoms with van der Waals surface area (Å²) in [5, 5.41) is 0. The molecule has 0 unspecified atom stereocenters. The predicted octanol–water partition coefficient (Wildman–Crippen LogP) is 4.39. The molecule has 0 bridgehead atoms. The normalized spacial score (nSPS) is 12.4. The molecule has 0 nitrogen and oxygen atoms in total. The van der Waals surface area contributed by atoms with E-state index in [2.05, 4.69) is 152 Å². The summed E-state index contributed by atoms with van der Waals surface area (Å²) in [6.07, 6.45) is 11.0. The third kappa shape index (κ3) is 10.1. The Labute approximate surface area is 294 Å². The van der Waals surface area contributed by atoms with Crippen LogP contribution in [0, 0.1) is 26.0 Å². The fraction of sp³-hybridized carbons (Fsp3) is 0.293. The van der Waals surface area contributed by atoms with E-state index in [4.69, 9.17) is 0 Å². The van der Waals surface area contributed by atoms with Gasteiger partial charge in [-0.3, -0.25) is 6.08 Å². The van der Waals surface area contributed by atoms with E-state index < -0.39 is 0 Å². The van der Waals surface area contributed by atoms with Crippen LogP contribution >= 0.6 is 0 Å². The van der Waals surface area contributed by atoms with Crippen molar-refractivity contribution in [3.63, 3.8) is 0 Å². The van der Waals surface area contributed by atoms with Gasteiger partial charge in [-0.15, -0.1) is 12.0 Å². The van der Waals surface area contributed by atoms with Crippen LogP contribution in [0.1, 0.15) is 92.5 Å². The first kappa shape index (κ1) is 37.9. The van der Waals surface area contributed by atoms with Gasteiger partial charge in [-0.1, -0.05) is 76.3 Å². The molecular formula is C41H44Cl2Zr-2. The second kappa shape index (κ2) is 16.3. The largest absolute Gasteiger partial charge is 1.00 e. The van der Waals surface area contributed by atoms with E-state index in [0.29, 0.717) is 0 Å². The first-order valence-corrected chi connectivity index (χ1v) is 16.2. The Morgan fingerprint density at radius 3 is 1.64 bits per heavy atom. The van der Waals surface area contributed by atoms with E-state index in [1.807, 2.05) is 12.2 Å². The van der Waals surface area contributed by atoms with Crippen molar-refractivity contribution in [1.29, 1.82) is 0 Å². The molecule has 3 heteroatoms. The van der Waals surface area contributed by atoms with Crippen LogP contribution < -0.4 is 24.8 Å². The Balaban J connectivity index is 0.000000260. The Hall–Kier alpha value is -2.31. The molecule has 0 fully saturated rings. The summed E-state index contributed by atoms with van der Waals surface area (Å²) in [6, 6.07) is 32.6. The van der Waals surface area contributed by atoms with Gasteiger partial charge < -0.3 is 24.8 Å². The molecule has 6 rings (SSSR count). The van der Waals surface area contributed by atoms with Crippen molar-refractivity contribution < 1.29 is 49.0 Å². The van der Waals surface area contributed by atoms with Gasteiger partial charge in [0, 0.05) is 0 Å². The van der Waals surface area contributed by atoms with Crippen LogP contribution in [0.25, 0.3) is 11.1 Å². The van der Waals surface area contributed by atoms with Gasteiger partial charge in [-0.25, -0.2) is 12.2 Å². The second-order valence-corrected chi connectivity index (χ2v) is 14.7. The summed E-state index contributed by atoms with van der Waals surface area (Å²) in [6.45, 7) is 17.9. The van der Waals surface area contributed by atoms with Gasteiger partial charge in [0.15, 0.2) is 0 Å². The molecule has 0 N–H and O–H groups in total. The van der Waals surface area contributed by atoms with Crippen molar-refractivity contribution in [3.8, 4) is 11.1 Å². The third-order valence-corrected chi connectivity index (χ3v) is 9.21. The van der Waals surface area contributed by atoms with E-state index >= 15 is 0 Å². The Morgan fingerprint density at radius 1 is 0.682 bits per heavy atom. The number of aryl methyl sites for hydroxylation is 2. The number of fused-ring (bicyclic) bond motifs is 3. The Kier molecular flexibility index (Phi) is 14.0. The predicted molar refractivity (Wildman–Crippen MR) is 178 cm³/mol. The van der Waals surface area contributed by atoms with Gasteiger partial charge in [0.25, 0.3) is 0 Å². The van der Waals surface area contributed by atoms with Crippen LogP contribution in [-0.2, 0) is 41.5 Å². The van der Waals surface area contributed by atoms with Gasteiger partial charge in [0.1, 0.15) is 0 Å². The molecule has 0 saturated carbocycles. The zero-order valence-corrected chi connectivity index (χ0v) is 31.4. The quantitative estimate of drug-likeness (QED) is 0.240. The molecule has 0 spiro atoms. The minimum atomic E-state index is 0. The van der Waals surface area contributed by atoms with Crippen LogP contribution in [-0.4, -0.2) is 3.21 Å². The molecule has 0 aliphatic heterocycles. The minimum Gasteiger partial charge on any atom is -1.00 e. The minimum absolute atomic E-state index is 0. The van der Waals surface area contributed by atoms with Crippen LogP contribution in [0.3, 0.4) is 0 Å². The molecule has 0 radical (unpaired) electrons. The molecule has 0 atom stereocenters. The second-order valence-electron chi connectivity index (χ2n) is 13.4. The fourth-order valence-corrected chi connectivity index (χ4v) is 5.75. The number of hydrogen-bond donors (Lipinski definition) is 0. The van der Waals surface area contributed by atoms with Crippen molar-refractivity contribution in [1.82, 2.24) is 0 Å². The van der Waals surface area contributed by atoms with E-state index in [-0.39, 0.29) is 35.6 Å². The topological polar surface area (TPSA) is 0 Å². The molecular weight excluding hydrogens is 655 g/mol. The molecule has 4 aromatic rings. The average molecular weight is 699 g/mol. The summed E-state index contributed by atoms with van der Waals surface area (Å²) in [5.74, 6) is 0. The first-order chi connectivity index (χ1) is 19.8. The Morgan fingerprint density at radius 2 is 1.20 bits per heavy atom. The Bertz CT molecular complexity index is 1470. The smallest absolute Gasteiger partial charge is 0.109 e. The van der Waals surface area contributed by atoms with Crippen LogP contribution in [0.15, 0.2) is 97.1 Å². The average Bonchev–Trinajstić information content (AvgIpc) is 3.64. The fourth-order valence-electron chi connectivity index (χ4n) is 4.93. The number of halogens is 2. The van der Waals surface area contributed by atoms with Gasteiger partial charge in [-0.2, -0.15) is 35.4 Å². The number of hydrogen-bond acceptors (Lipinski definition) is 0. The van der Waals surface area contributed by atoms with Crippen LogP contribution in [0.5, 0.6) is 0 Å². The van der Waals surface area contributed by atoms with Crippen molar-refractivity contribution >= 4 is 3.21 Å². The zero-order valence-electron chi connectivity index (χ0n) is 27.4. The van der Waals surface area contributed by atoms with Crippen molar-refractivity contribution in [2.45, 2.75) is 79.1 Å². The summed E-state index contributed by atoms with van der Waals surface area (Å²) in [7, 11) is 0. The van der Waals surface area contributed by atoms with E-state index in [1.54, 1.807) is 0 Å². The van der Waals surface area contributed by atoms with Gasteiger partial charge in [0.05, 0.1) is 0 Å².